The van der Waals surface area contributed by atoms with Gasteiger partial charge >= 0.3 is 13.9 Å². The summed E-state index contributed by atoms with van der Waals surface area (Å²) in [6, 6.07) is 8.36. The van der Waals surface area contributed by atoms with Gasteiger partial charge in [0.05, 0.1) is 12.1 Å². The molecule has 8 nitrogen and oxygen atoms in total. The van der Waals surface area contributed by atoms with Crippen LogP contribution in [-0.4, -0.2) is 28.0 Å². The summed E-state index contributed by atoms with van der Waals surface area (Å²) < 4.78 is 15.4. The van der Waals surface area contributed by atoms with E-state index in [9.17, 15) is 9.36 Å². The number of carbonyl (C=O) groups excluding carboxylic acids is 1. The Hall–Kier alpha value is -1.44. The largest absolute Gasteiger partial charge is 0.469 e. The van der Waals surface area contributed by atoms with Gasteiger partial charge in [0.25, 0.3) is 0 Å². The highest BCUT2D eigenvalue weighted by atomic mass is 31.2. The van der Waals surface area contributed by atoms with E-state index < -0.39 is 26.1 Å². The molecule has 0 aliphatic rings. The first-order valence-corrected chi connectivity index (χ1v) is 7.30. The van der Waals surface area contributed by atoms with E-state index in [2.05, 4.69) is 14.7 Å². The van der Waals surface area contributed by atoms with Crippen LogP contribution >= 0.6 is 7.82 Å². The summed E-state index contributed by atoms with van der Waals surface area (Å²) in [4.78, 5) is 32.8. The summed E-state index contributed by atoms with van der Waals surface area (Å²) in [5.41, 5.74) is 0.857. The number of hydrogen-bond acceptors (Lipinski definition) is 5. The van der Waals surface area contributed by atoms with Crippen LogP contribution in [0.3, 0.4) is 0 Å². The SMILES string of the molecule is CC(OP(=O)(O)O)C(Cc1ccccc1)NC(=O)ON. The highest BCUT2D eigenvalue weighted by Crippen LogP contribution is 2.38. The molecule has 0 spiro atoms. The van der Waals surface area contributed by atoms with Crippen LogP contribution in [0.15, 0.2) is 30.3 Å². The topological polar surface area (TPSA) is 131 Å². The lowest BCUT2D eigenvalue weighted by molar-refractivity contribution is 0.100. The smallest absolute Gasteiger partial charge is 0.357 e. The van der Waals surface area contributed by atoms with Crippen molar-refractivity contribution in [2.45, 2.75) is 25.5 Å². The number of nitrogens with one attached hydrogen (secondary N) is 1. The molecule has 0 radical (unpaired) electrons. The van der Waals surface area contributed by atoms with Gasteiger partial charge in [0, 0.05) is 0 Å². The summed E-state index contributed by atoms with van der Waals surface area (Å²) in [6.07, 6.45) is -1.54. The third kappa shape index (κ3) is 6.14. The van der Waals surface area contributed by atoms with Gasteiger partial charge in [-0.05, 0) is 18.9 Å². The van der Waals surface area contributed by atoms with E-state index in [1.54, 1.807) is 0 Å². The van der Waals surface area contributed by atoms with Gasteiger partial charge in [-0.3, -0.25) is 4.52 Å². The van der Waals surface area contributed by atoms with E-state index in [0.29, 0.717) is 6.42 Å². The molecule has 2 atom stereocenters. The van der Waals surface area contributed by atoms with Crippen molar-refractivity contribution in [2.75, 3.05) is 0 Å². The van der Waals surface area contributed by atoms with Gasteiger partial charge in [0.1, 0.15) is 0 Å². The van der Waals surface area contributed by atoms with Crippen LogP contribution < -0.4 is 11.2 Å². The van der Waals surface area contributed by atoms with E-state index >= 15 is 0 Å². The van der Waals surface area contributed by atoms with Gasteiger partial charge in [0.15, 0.2) is 0 Å². The molecule has 1 amide bonds. The lowest BCUT2D eigenvalue weighted by Crippen LogP contribution is -2.45. The Kier molecular flexibility index (Phi) is 6.12. The van der Waals surface area contributed by atoms with Gasteiger partial charge in [0.2, 0.25) is 0 Å². The number of phosphoric ester groups is 1. The summed E-state index contributed by atoms with van der Waals surface area (Å²) >= 11 is 0. The summed E-state index contributed by atoms with van der Waals surface area (Å²) in [5.74, 6) is 4.73. The van der Waals surface area contributed by atoms with Gasteiger partial charge in [-0.1, -0.05) is 30.3 Å². The number of rotatable bonds is 6. The number of amides is 1. The van der Waals surface area contributed by atoms with Gasteiger partial charge < -0.3 is 19.9 Å². The Morgan fingerprint density at radius 2 is 2.00 bits per heavy atom. The minimum absolute atomic E-state index is 0.303. The molecular formula is C11H17N2O6P. The second kappa shape index (κ2) is 7.37. The summed E-state index contributed by atoms with van der Waals surface area (Å²) in [7, 11) is -4.66. The van der Waals surface area contributed by atoms with Crippen LogP contribution in [0, 0.1) is 0 Å². The molecular weight excluding hydrogens is 287 g/mol. The molecule has 2 unspecified atom stereocenters. The van der Waals surface area contributed by atoms with Crippen molar-refractivity contribution in [3.05, 3.63) is 35.9 Å². The maximum Gasteiger partial charge on any atom is 0.469 e. The number of phosphoric acid groups is 1. The molecule has 0 saturated carbocycles. The van der Waals surface area contributed by atoms with Crippen molar-refractivity contribution < 1.29 is 28.5 Å². The third-order valence-corrected chi connectivity index (χ3v) is 3.19. The zero-order valence-electron chi connectivity index (χ0n) is 10.8. The molecule has 0 saturated heterocycles. The molecule has 0 fully saturated rings. The Morgan fingerprint density at radius 3 is 2.50 bits per heavy atom. The summed E-state index contributed by atoms with van der Waals surface area (Å²) in [5, 5.41) is 2.38. The first kappa shape index (κ1) is 16.6. The quantitative estimate of drug-likeness (QED) is 0.449. The number of benzene rings is 1. The minimum Gasteiger partial charge on any atom is -0.357 e. The zero-order valence-corrected chi connectivity index (χ0v) is 11.7. The normalized spacial score (nSPS) is 14.4. The molecule has 9 heteroatoms. The highest BCUT2D eigenvalue weighted by Gasteiger charge is 2.27. The average Bonchev–Trinajstić information content (AvgIpc) is 2.37. The Morgan fingerprint density at radius 1 is 1.40 bits per heavy atom. The molecule has 112 valence electrons. The van der Waals surface area contributed by atoms with E-state index in [-0.39, 0.29) is 0 Å². The molecule has 0 heterocycles. The van der Waals surface area contributed by atoms with E-state index in [0.717, 1.165) is 5.56 Å². The molecule has 5 N–H and O–H groups in total. The zero-order chi connectivity index (χ0) is 15.2. The monoisotopic (exact) mass is 304 g/mol. The van der Waals surface area contributed by atoms with E-state index in [4.69, 9.17) is 15.7 Å². The predicted octanol–water partition coefficient (Wildman–Crippen LogP) is 0.695. The van der Waals surface area contributed by atoms with Crippen LogP contribution in [0.5, 0.6) is 0 Å². The van der Waals surface area contributed by atoms with Gasteiger partial charge in [-0.2, -0.15) is 5.90 Å². The Labute approximate surface area is 116 Å². The Bertz CT molecular complexity index is 477. The first-order valence-electron chi connectivity index (χ1n) is 5.77. The molecule has 0 aliphatic carbocycles. The molecule has 1 aromatic carbocycles. The lowest BCUT2D eigenvalue weighted by Gasteiger charge is -2.24. The first-order chi connectivity index (χ1) is 9.31. The predicted molar refractivity (Wildman–Crippen MR) is 70.3 cm³/mol. The average molecular weight is 304 g/mol. The van der Waals surface area contributed by atoms with Crippen LogP contribution in [-0.2, 0) is 20.3 Å². The van der Waals surface area contributed by atoms with Crippen molar-refractivity contribution in [1.29, 1.82) is 0 Å². The van der Waals surface area contributed by atoms with E-state index in [1.165, 1.54) is 6.92 Å². The maximum atomic E-state index is 11.2. The lowest BCUT2D eigenvalue weighted by atomic mass is 10.0. The molecule has 0 bridgehead atoms. The second-order valence-electron chi connectivity index (χ2n) is 4.15. The maximum absolute atomic E-state index is 11.2. The third-order valence-electron chi connectivity index (χ3n) is 2.58. The van der Waals surface area contributed by atoms with Gasteiger partial charge in [-0.25, -0.2) is 9.36 Å². The minimum atomic E-state index is -4.66. The number of nitrogens with two attached hydrogens (primary N) is 1. The number of carbonyl (C=O) groups is 1. The molecule has 1 aromatic rings. The fourth-order valence-corrected chi connectivity index (χ4v) is 2.26. The summed E-state index contributed by atoms with van der Waals surface area (Å²) in [6.45, 7) is 1.43. The van der Waals surface area contributed by atoms with Crippen LogP contribution in [0.4, 0.5) is 4.79 Å². The van der Waals surface area contributed by atoms with Crippen molar-refractivity contribution in [1.82, 2.24) is 5.32 Å². The van der Waals surface area contributed by atoms with Crippen molar-refractivity contribution in [2.24, 2.45) is 5.90 Å². The fraction of sp³-hybridized carbons (Fsp3) is 0.364. The fourth-order valence-electron chi connectivity index (χ4n) is 1.68. The molecule has 0 aliphatic heterocycles. The van der Waals surface area contributed by atoms with Crippen molar-refractivity contribution >= 4 is 13.9 Å². The van der Waals surface area contributed by atoms with Crippen LogP contribution in [0.2, 0.25) is 0 Å². The van der Waals surface area contributed by atoms with Crippen molar-refractivity contribution in [3.8, 4) is 0 Å². The molecule has 0 aromatic heterocycles. The molecule has 1 rings (SSSR count). The van der Waals surface area contributed by atoms with Crippen LogP contribution in [0.1, 0.15) is 12.5 Å². The van der Waals surface area contributed by atoms with Crippen LogP contribution in [0.25, 0.3) is 0 Å². The highest BCUT2D eigenvalue weighted by molar-refractivity contribution is 7.46. The second-order valence-corrected chi connectivity index (χ2v) is 5.34. The molecule has 20 heavy (non-hydrogen) atoms. The van der Waals surface area contributed by atoms with Crippen molar-refractivity contribution in [3.63, 3.8) is 0 Å². The number of hydrogen-bond donors (Lipinski definition) is 4. The van der Waals surface area contributed by atoms with E-state index in [1.807, 2.05) is 30.3 Å². The standard InChI is InChI=1S/C11H17N2O6P/c1-8(19-20(15,16)17)10(13-11(14)18-12)7-9-5-3-2-4-6-9/h2-6,8,10H,7,12H2,1H3,(H,13,14)(H2,15,16,17). The van der Waals surface area contributed by atoms with Gasteiger partial charge in [-0.15, -0.1) is 0 Å². The Balaban J connectivity index is 2.79.